The van der Waals surface area contributed by atoms with Crippen LogP contribution in [0.2, 0.25) is 25.7 Å². The molecule has 0 fully saturated rings. The molecule has 0 amide bonds. The number of hydrogen-bond acceptors (Lipinski definition) is 2. The summed E-state index contributed by atoms with van der Waals surface area (Å²) in [6, 6.07) is 1.22. The Morgan fingerprint density at radius 1 is 1.38 bits per heavy atom. The van der Waals surface area contributed by atoms with Gasteiger partial charge in [-0.25, -0.2) is 4.98 Å². The minimum absolute atomic E-state index is 0.489. The Kier molecular flexibility index (Phi) is 4.74. The van der Waals surface area contributed by atoms with Crippen LogP contribution < -0.4 is 0 Å². The zero-order chi connectivity index (χ0) is 12.2. The molecule has 0 aliphatic heterocycles. The van der Waals surface area contributed by atoms with E-state index in [2.05, 4.69) is 44.7 Å². The van der Waals surface area contributed by atoms with E-state index in [-0.39, 0.29) is 0 Å². The van der Waals surface area contributed by atoms with Crippen LogP contribution in [0.1, 0.15) is 25.5 Å². The molecule has 0 saturated carbocycles. The van der Waals surface area contributed by atoms with Crippen LogP contribution in [0.4, 0.5) is 0 Å². The van der Waals surface area contributed by atoms with Gasteiger partial charge in [0.1, 0.15) is 6.73 Å². The van der Waals surface area contributed by atoms with Crippen molar-refractivity contribution in [3.63, 3.8) is 0 Å². The molecule has 1 rings (SSSR count). The summed E-state index contributed by atoms with van der Waals surface area (Å²) in [7, 11) is -0.958. The highest BCUT2D eigenvalue weighted by Gasteiger charge is 2.12. The average Bonchev–Trinajstić information content (AvgIpc) is 2.59. The zero-order valence-electron chi connectivity index (χ0n) is 11.2. The largest absolute Gasteiger partial charge is 0.361 e. The van der Waals surface area contributed by atoms with Crippen LogP contribution in [0, 0.1) is 0 Å². The molecule has 0 aliphatic carbocycles. The van der Waals surface area contributed by atoms with Gasteiger partial charge >= 0.3 is 0 Å². The van der Waals surface area contributed by atoms with E-state index in [0.29, 0.717) is 12.6 Å². The Morgan fingerprint density at radius 2 is 2.06 bits per heavy atom. The first kappa shape index (κ1) is 13.5. The predicted molar refractivity (Wildman–Crippen MR) is 70.4 cm³/mol. The molecule has 0 unspecified atom stereocenters. The first-order chi connectivity index (χ1) is 7.38. The van der Waals surface area contributed by atoms with Crippen molar-refractivity contribution < 1.29 is 4.74 Å². The van der Waals surface area contributed by atoms with Gasteiger partial charge in [0.15, 0.2) is 0 Å². The monoisotopic (exact) mass is 240 g/mol. The van der Waals surface area contributed by atoms with Crippen LogP contribution in [0.15, 0.2) is 12.5 Å². The van der Waals surface area contributed by atoms with E-state index in [1.165, 1.54) is 6.04 Å². The lowest BCUT2D eigenvalue weighted by Gasteiger charge is -2.15. The third-order valence-corrected chi connectivity index (χ3v) is 4.19. The third kappa shape index (κ3) is 4.94. The number of rotatable bonds is 6. The molecule has 92 valence electrons. The molecule has 0 spiro atoms. The quantitative estimate of drug-likeness (QED) is 0.563. The fourth-order valence-corrected chi connectivity index (χ4v) is 2.05. The first-order valence-electron chi connectivity index (χ1n) is 5.98. The van der Waals surface area contributed by atoms with Gasteiger partial charge in [-0.3, -0.25) is 0 Å². The van der Waals surface area contributed by atoms with Gasteiger partial charge in [0.05, 0.1) is 12.0 Å². The topological polar surface area (TPSA) is 27.1 Å². The minimum atomic E-state index is -0.958. The van der Waals surface area contributed by atoms with Crippen LogP contribution in [0.5, 0.6) is 0 Å². The summed E-state index contributed by atoms with van der Waals surface area (Å²) in [6.07, 6.45) is 3.92. The Morgan fingerprint density at radius 3 is 2.56 bits per heavy atom. The van der Waals surface area contributed by atoms with Gasteiger partial charge in [-0.2, -0.15) is 0 Å². The summed E-state index contributed by atoms with van der Waals surface area (Å²) >= 11 is 0. The van der Waals surface area contributed by atoms with Crippen molar-refractivity contribution >= 4 is 8.07 Å². The van der Waals surface area contributed by atoms with Crippen LogP contribution in [-0.2, 0) is 11.5 Å². The highest BCUT2D eigenvalue weighted by Crippen LogP contribution is 2.11. The Labute approximate surface area is 99.8 Å². The van der Waals surface area contributed by atoms with E-state index in [4.69, 9.17) is 4.74 Å². The third-order valence-electron chi connectivity index (χ3n) is 2.48. The molecule has 1 heterocycles. The van der Waals surface area contributed by atoms with E-state index in [1.807, 2.05) is 10.9 Å². The van der Waals surface area contributed by atoms with Gasteiger partial charge in [0.2, 0.25) is 0 Å². The lowest BCUT2D eigenvalue weighted by atomic mass is 10.2. The van der Waals surface area contributed by atoms with Crippen molar-refractivity contribution in [1.29, 1.82) is 0 Å². The molecular weight excluding hydrogens is 216 g/mol. The van der Waals surface area contributed by atoms with Crippen molar-refractivity contribution in [1.82, 2.24) is 9.55 Å². The summed E-state index contributed by atoms with van der Waals surface area (Å²) < 4.78 is 7.66. The molecule has 0 bridgehead atoms. The average molecular weight is 240 g/mol. The molecule has 1 aromatic heterocycles. The summed E-state index contributed by atoms with van der Waals surface area (Å²) in [4.78, 5) is 4.33. The summed E-state index contributed by atoms with van der Waals surface area (Å²) in [5.74, 6) is 0.489. The summed E-state index contributed by atoms with van der Waals surface area (Å²) in [6.45, 7) is 12.9. The zero-order valence-corrected chi connectivity index (χ0v) is 12.2. The normalized spacial score (nSPS) is 12.4. The Balaban J connectivity index is 2.27. The maximum Gasteiger partial charge on any atom is 0.123 e. The molecular formula is C12H24N2OSi. The SMILES string of the molecule is CC(C)c1cn(COCC[Si](C)(C)C)cn1. The van der Waals surface area contributed by atoms with E-state index < -0.39 is 8.07 Å². The smallest absolute Gasteiger partial charge is 0.123 e. The van der Waals surface area contributed by atoms with Gasteiger partial charge < -0.3 is 9.30 Å². The molecule has 16 heavy (non-hydrogen) atoms. The minimum Gasteiger partial charge on any atom is -0.361 e. The summed E-state index contributed by atoms with van der Waals surface area (Å²) in [5, 5.41) is 0. The molecule has 0 radical (unpaired) electrons. The molecule has 0 saturated heterocycles. The first-order valence-corrected chi connectivity index (χ1v) is 9.68. The van der Waals surface area contributed by atoms with Crippen LogP contribution in [0.25, 0.3) is 0 Å². The molecule has 0 N–H and O–H groups in total. The second-order valence-corrected chi connectivity index (χ2v) is 11.4. The van der Waals surface area contributed by atoms with Gasteiger partial charge in [0, 0.05) is 20.9 Å². The van der Waals surface area contributed by atoms with Crippen LogP contribution in [-0.4, -0.2) is 24.2 Å². The number of hydrogen-bond donors (Lipinski definition) is 0. The lowest BCUT2D eigenvalue weighted by molar-refractivity contribution is 0.0871. The lowest BCUT2D eigenvalue weighted by Crippen LogP contribution is -2.21. The van der Waals surface area contributed by atoms with Gasteiger partial charge in [-0.05, 0) is 12.0 Å². The van der Waals surface area contributed by atoms with E-state index in [1.54, 1.807) is 0 Å². The maximum absolute atomic E-state index is 5.65. The van der Waals surface area contributed by atoms with Crippen molar-refractivity contribution in [2.75, 3.05) is 6.61 Å². The summed E-state index contributed by atoms with van der Waals surface area (Å²) in [5.41, 5.74) is 1.13. The van der Waals surface area contributed by atoms with Crippen molar-refractivity contribution in [3.8, 4) is 0 Å². The van der Waals surface area contributed by atoms with Gasteiger partial charge in [0.25, 0.3) is 0 Å². The number of imidazole rings is 1. The van der Waals surface area contributed by atoms with Gasteiger partial charge in [-0.15, -0.1) is 0 Å². The van der Waals surface area contributed by atoms with Crippen molar-refractivity contribution in [2.24, 2.45) is 0 Å². The van der Waals surface area contributed by atoms with Crippen LogP contribution >= 0.6 is 0 Å². The van der Waals surface area contributed by atoms with Crippen LogP contribution in [0.3, 0.4) is 0 Å². The van der Waals surface area contributed by atoms with E-state index >= 15 is 0 Å². The number of nitrogens with zero attached hydrogens (tertiary/aromatic N) is 2. The standard InChI is InChI=1S/C12H24N2OSi/c1-11(2)12-8-14(9-13-12)10-15-6-7-16(3,4)5/h8-9,11H,6-7,10H2,1-5H3. The highest BCUT2D eigenvalue weighted by molar-refractivity contribution is 6.76. The molecule has 0 atom stereocenters. The maximum atomic E-state index is 5.65. The molecule has 4 heteroatoms. The molecule has 0 aliphatic rings. The van der Waals surface area contributed by atoms with Gasteiger partial charge in [-0.1, -0.05) is 33.5 Å². The molecule has 1 aromatic rings. The second-order valence-electron chi connectivity index (χ2n) is 5.82. The van der Waals surface area contributed by atoms with Crippen molar-refractivity contribution in [3.05, 3.63) is 18.2 Å². The fraction of sp³-hybridized carbons (Fsp3) is 0.750. The van der Waals surface area contributed by atoms with E-state index in [9.17, 15) is 0 Å². The molecule has 0 aromatic carbocycles. The van der Waals surface area contributed by atoms with E-state index in [0.717, 1.165) is 12.3 Å². The Bertz CT molecular complexity index is 315. The highest BCUT2D eigenvalue weighted by atomic mass is 28.3. The number of ether oxygens (including phenoxy) is 1. The predicted octanol–water partition coefficient (Wildman–Crippen LogP) is 3.32. The second kappa shape index (κ2) is 5.64. The fourth-order valence-electron chi connectivity index (χ4n) is 1.29. The molecule has 3 nitrogen and oxygen atoms in total. The number of aromatic nitrogens is 2. The Hall–Kier alpha value is -0.613. The van der Waals surface area contributed by atoms with Crippen molar-refractivity contribution in [2.45, 2.75) is 52.2 Å².